The summed E-state index contributed by atoms with van der Waals surface area (Å²) in [6.07, 6.45) is 1.73. The van der Waals surface area contributed by atoms with Gasteiger partial charge in [-0.15, -0.1) is 0 Å². The van der Waals surface area contributed by atoms with Crippen molar-refractivity contribution in [3.05, 3.63) is 70.3 Å². The van der Waals surface area contributed by atoms with Crippen LogP contribution in [0.3, 0.4) is 0 Å². The van der Waals surface area contributed by atoms with Gasteiger partial charge in [0.25, 0.3) is 0 Å². The first-order valence-electron chi connectivity index (χ1n) is 11.2. The molecule has 7 heteroatoms. The van der Waals surface area contributed by atoms with Crippen LogP contribution in [-0.2, 0) is 11.2 Å². The second-order valence-corrected chi connectivity index (χ2v) is 8.48. The lowest BCUT2D eigenvalue weighted by Gasteiger charge is -2.34. The number of fused-ring (bicyclic) bond motifs is 2. The molecule has 1 aliphatic heterocycles. The van der Waals surface area contributed by atoms with Gasteiger partial charge in [-0.1, -0.05) is 30.3 Å². The van der Waals surface area contributed by atoms with Crippen molar-refractivity contribution in [2.24, 2.45) is 0 Å². The van der Waals surface area contributed by atoms with Crippen LogP contribution >= 0.6 is 0 Å². The van der Waals surface area contributed by atoms with E-state index in [-0.39, 0.29) is 18.9 Å². The van der Waals surface area contributed by atoms with E-state index in [0.29, 0.717) is 36.4 Å². The van der Waals surface area contributed by atoms with Crippen molar-refractivity contribution in [3.63, 3.8) is 0 Å². The SMILES string of the molecule is Cc1c(CC(=O)N2CCN(CCO)CC2)c(=O)oc2cc3occ(-c4ccccc4)c3cc12. The maximum atomic E-state index is 12.9. The Hall–Kier alpha value is -3.42. The quantitative estimate of drug-likeness (QED) is 0.474. The fourth-order valence-electron chi connectivity index (χ4n) is 4.58. The highest BCUT2D eigenvalue weighted by atomic mass is 16.4. The number of hydrogen-bond acceptors (Lipinski definition) is 6. The van der Waals surface area contributed by atoms with Gasteiger partial charge in [-0.25, -0.2) is 4.79 Å². The average molecular weight is 447 g/mol. The van der Waals surface area contributed by atoms with Crippen molar-refractivity contribution >= 4 is 27.8 Å². The van der Waals surface area contributed by atoms with Gasteiger partial charge in [0.2, 0.25) is 5.91 Å². The van der Waals surface area contributed by atoms with E-state index in [4.69, 9.17) is 13.9 Å². The molecule has 2 aromatic carbocycles. The van der Waals surface area contributed by atoms with Gasteiger partial charge >= 0.3 is 5.63 Å². The molecule has 2 aromatic heterocycles. The summed E-state index contributed by atoms with van der Waals surface area (Å²) in [6.45, 7) is 5.22. The second kappa shape index (κ2) is 8.84. The molecule has 33 heavy (non-hydrogen) atoms. The van der Waals surface area contributed by atoms with Crippen molar-refractivity contribution < 1.29 is 18.7 Å². The van der Waals surface area contributed by atoms with Crippen LogP contribution in [0.4, 0.5) is 0 Å². The Labute approximate surface area is 190 Å². The van der Waals surface area contributed by atoms with Gasteiger partial charge in [-0.3, -0.25) is 9.69 Å². The molecule has 0 bridgehead atoms. The van der Waals surface area contributed by atoms with Crippen LogP contribution in [0.1, 0.15) is 11.1 Å². The molecule has 1 fully saturated rings. The number of piperazine rings is 1. The molecule has 1 N–H and O–H groups in total. The normalized spacial score (nSPS) is 14.9. The molecule has 4 aromatic rings. The van der Waals surface area contributed by atoms with Gasteiger partial charge in [0.05, 0.1) is 24.9 Å². The number of β-amino-alcohol motifs (C(OH)–C–C–N with tert-alkyl or cyclic N) is 1. The first-order valence-corrected chi connectivity index (χ1v) is 11.2. The van der Waals surface area contributed by atoms with E-state index in [2.05, 4.69) is 4.90 Å². The lowest BCUT2D eigenvalue weighted by atomic mass is 9.99. The Morgan fingerprint density at radius 2 is 1.79 bits per heavy atom. The van der Waals surface area contributed by atoms with Crippen molar-refractivity contribution in [3.8, 4) is 11.1 Å². The number of nitrogens with zero attached hydrogens (tertiary/aromatic N) is 2. The summed E-state index contributed by atoms with van der Waals surface area (Å²) in [5.74, 6) is -0.0808. The van der Waals surface area contributed by atoms with E-state index in [1.54, 1.807) is 17.2 Å². The summed E-state index contributed by atoms with van der Waals surface area (Å²) >= 11 is 0. The molecule has 170 valence electrons. The summed E-state index contributed by atoms with van der Waals surface area (Å²) in [4.78, 5) is 29.6. The molecule has 0 unspecified atom stereocenters. The fraction of sp³-hybridized carbons (Fsp3) is 0.308. The summed E-state index contributed by atoms with van der Waals surface area (Å²) in [5, 5.41) is 10.8. The Morgan fingerprint density at radius 1 is 1.03 bits per heavy atom. The highest BCUT2D eigenvalue weighted by molar-refractivity contribution is 6.02. The maximum absolute atomic E-state index is 12.9. The molecule has 0 spiro atoms. The zero-order chi connectivity index (χ0) is 22.9. The fourth-order valence-corrected chi connectivity index (χ4v) is 4.58. The zero-order valence-corrected chi connectivity index (χ0v) is 18.5. The zero-order valence-electron chi connectivity index (χ0n) is 18.5. The molecule has 1 amide bonds. The molecule has 1 aliphatic rings. The molecular weight excluding hydrogens is 420 g/mol. The number of aliphatic hydroxyl groups is 1. The van der Waals surface area contributed by atoms with Gasteiger partial charge in [0.1, 0.15) is 11.2 Å². The van der Waals surface area contributed by atoms with Crippen LogP contribution < -0.4 is 5.63 Å². The van der Waals surface area contributed by atoms with E-state index < -0.39 is 5.63 Å². The van der Waals surface area contributed by atoms with E-state index in [1.165, 1.54) is 0 Å². The summed E-state index contributed by atoms with van der Waals surface area (Å²) in [5.41, 5.74) is 3.78. The van der Waals surface area contributed by atoms with Crippen LogP contribution in [0.15, 0.2) is 62.4 Å². The minimum atomic E-state index is -0.485. The molecule has 1 saturated heterocycles. The van der Waals surface area contributed by atoms with Crippen molar-refractivity contribution in [2.45, 2.75) is 13.3 Å². The van der Waals surface area contributed by atoms with Gasteiger partial charge in [0.15, 0.2) is 0 Å². The van der Waals surface area contributed by atoms with Gasteiger partial charge in [-0.2, -0.15) is 0 Å². The number of carbonyl (C=O) groups is 1. The van der Waals surface area contributed by atoms with Crippen LogP contribution in [0.5, 0.6) is 0 Å². The van der Waals surface area contributed by atoms with E-state index in [9.17, 15) is 9.59 Å². The Bertz CT molecular complexity index is 1360. The third kappa shape index (κ3) is 4.05. The van der Waals surface area contributed by atoms with Crippen LogP contribution in [0.25, 0.3) is 33.1 Å². The lowest BCUT2D eigenvalue weighted by Crippen LogP contribution is -2.49. The average Bonchev–Trinajstić information content (AvgIpc) is 3.24. The number of furan rings is 1. The second-order valence-electron chi connectivity index (χ2n) is 8.48. The molecule has 0 radical (unpaired) electrons. The van der Waals surface area contributed by atoms with Gasteiger partial charge < -0.3 is 18.8 Å². The Morgan fingerprint density at radius 3 is 2.52 bits per heavy atom. The first kappa shape index (κ1) is 21.4. The van der Waals surface area contributed by atoms with Crippen molar-refractivity contribution in [1.82, 2.24) is 9.80 Å². The predicted molar refractivity (Wildman–Crippen MR) is 126 cm³/mol. The number of rotatable bonds is 5. The van der Waals surface area contributed by atoms with Crippen LogP contribution in [0, 0.1) is 6.92 Å². The number of amides is 1. The predicted octanol–water partition coefficient (Wildman–Crippen LogP) is 3.19. The van der Waals surface area contributed by atoms with Crippen LogP contribution in [0.2, 0.25) is 0 Å². The summed E-state index contributed by atoms with van der Waals surface area (Å²) in [7, 11) is 0. The molecular formula is C26H26N2O5. The number of aliphatic hydroxyl groups excluding tert-OH is 1. The van der Waals surface area contributed by atoms with E-state index >= 15 is 0 Å². The minimum Gasteiger partial charge on any atom is -0.464 e. The molecule has 3 heterocycles. The number of carbonyl (C=O) groups excluding carboxylic acids is 1. The van der Waals surface area contributed by atoms with E-state index in [0.717, 1.165) is 40.6 Å². The summed E-state index contributed by atoms with van der Waals surface area (Å²) in [6, 6.07) is 13.7. The highest BCUT2D eigenvalue weighted by Crippen LogP contribution is 2.34. The molecule has 7 nitrogen and oxygen atoms in total. The number of benzene rings is 2. The smallest absolute Gasteiger partial charge is 0.340 e. The summed E-state index contributed by atoms with van der Waals surface area (Å²) < 4.78 is 11.4. The van der Waals surface area contributed by atoms with Gasteiger partial charge in [-0.05, 0) is 24.1 Å². The maximum Gasteiger partial charge on any atom is 0.340 e. The third-order valence-electron chi connectivity index (χ3n) is 6.54. The van der Waals surface area contributed by atoms with Crippen LogP contribution in [-0.4, -0.2) is 60.1 Å². The lowest BCUT2D eigenvalue weighted by molar-refractivity contribution is -0.132. The van der Waals surface area contributed by atoms with Crippen molar-refractivity contribution in [1.29, 1.82) is 0 Å². The van der Waals surface area contributed by atoms with Gasteiger partial charge in [0, 0.05) is 55.1 Å². The Balaban J connectivity index is 1.48. The first-order chi connectivity index (χ1) is 16.0. The monoisotopic (exact) mass is 446 g/mol. The molecule has 0 atom stereocenters. The number of aryl methyl sites for hydroxylation is 1. The molecule has 0 aliphatic carbocycles. The standard InChI is InChI=1S/C26H26N2O5/c1-17-19-13-21-22(18-5-3-2-4-6-18)16-32-23(21)15-24(19)33-26(31)20(17)14-25(30)28-9-7-27(8-10-28)11-12-29/h2-6,13,15-16,29H,7-12,14H2,1H3. The van der Waals surface area contributed by atoms with Crippen molar-refractivity contribution in [2.75, 3.05) is 39.3 Å². The Kier molecular flexibility index (Phi) is 5.74. The minimum absolute atomic E-state index is 0.0130. The highest BCUT2D eigenvalue weighted by Gasteiger charge is 2.24. The number of hydrogen-bond donors (Lipinski definition) is 1. The molecule has 5 rings (SSSR count). The third-order valence-corrected chi connectivity index (χ3v) is 6.54. The molecule has 0 saturated carbocycles. The largest absolute Gasteiger partial charge is 0.464 e. The van der Waals surface area contributed by atoms with E-state index in [1.807, 2.05) is 43.3 Å². The topological polar surface area (TPSA) is 87.1 Å².